The van der Waals surface area contributed by atoms with Crippen LogP contribution in [-0.4, -0.2) is 11.4 Å². The summed E-state index contributed by atoms with van der Waals surface area (Å²) in [5.74, 6) is 1.18. The van der Waals surface area contributed by atoms with E-state index in [-0.39, 0.29) is 10.8 Å². The lowest BCUT2D eigenvalue weighted by molar-refractivity contribution is -0.123. The minimum Gasteiger partial charge on any atom is -0.508 e. The minimum atomic E-state index is -0.194. The Hall–Kier alpha value is -1.31. The van der Waals surface area contributed by atoms with Crippen LogP contribution in [0.4, 0.5) is 0 Å². The van der Waals surface area contributed by atoms with Crippen LogP contribution < -0.4 is 0 Å². The monoisotopic (exact) mass is 300 g/mol. The molecule has 0 spiro atoms. The van der Waals surface area contributed by atoms with Crippen LogP contribution >= 0.6 is 0 Å². The first-order valence-corrected chi connectivity index (χ1v) is 8.65. The molecule has 2 nitrogen and oxygen atoms in total. The van der Waals surface area contributed by atoms with Crippen molar-refractivity contribution in [2.75, 3.05) is 0 Å². The molecule has 2 aliphatic rings. The van der Waals surface area contributed by atoms with E-state index in [0.29, 0.717) is 17.6 Å². The molecule has 1 saturated carbocycles. The highest BCUT2D eigenvalue weighted by atomic mass is 16.3. The third-order valence-corrected chi connectivity index (χ3v) is 6.46. The number of phenolic OH excluding ortho intramolecular Hbond substituents is 1. The molecule has 22 heavy (non-hydrogen) atoms. The van der Waals surface area contributed by atoms with E-state index in [1.54, 1.807) is 0 Å². The van der Waals surface area contributed by atoms with Gasteiger partial charge in [-0.3, -0.25) is 0 Å². The zero-order valence-corrected chi connectivity index (χ0v) is 14.3. The topological polar surface area (TPSA) is 37.3 Å². The van der Waals surface area contributed by atoms with E-state index in [1.807, 2.05) is 6.07 Å². The van der Waals surface area contributed by atoms with Crippen molar-refractivity contribution in [1.29, 1.82) is 0 Å². The molecule has 1 fully saturated rings. The third-order valence-electron chi connectivity index (χ3n) is 6.46. The molecular formula is C20H28O2. The summed E-state index contributed by atoms with van der Waals surface area (Å²) in [6, 6.07) is 3.99. The predicted molar refractivity (Wildman–Crippen MR) is 89.4 cm³/mol. The SMILES string of the molecule is CC(C)c1c(O)ccc2c1CCC1[C@@](C)(C=O)CCC[C@]21C. The van der Waals surface area contributed by atoms with Crippen LogP contribution in [0, 0.1) is 11.3 Å². The number of fused-ring (bicyclic) bond motifs is 3. The Morgan fingerprint density at radius 2 is 2.00 bits per heavy atom. The van der Waals surface area contributed by atoms with Crippen molar-refractivity contribution in [3.8, 4) is 5.75 Å². The fraction of sp³-hybridized carbons (Fsp3) is 0.650. The first-order valence-electron chi connectivity index (χ1n) is 8.65. The maximum atomic E-state index is 11.8. The van der Waals surface area contributed by atoms with E-state index in [9.17, 15) is 9.90 Å². The molecule has 0 radical (unpaired) electrons. The Balaban J connectivity index is 2.18. The van der Waals surface area contributed by atoms with Crippen molar-refractivity contribution in [2.24, 2.45) is 11.3 Å². The average Bonchev–Trinajstić information content (AvgIpc) is 2.46. The highest BCUT2D eigenvalue weighted by molar-refractivity contribution is 5.62. The van der Waals surface area contributed by atoms with Gasteiger partial charge in [0.1, 0.15) is 12.0 Å². The normalized spacial score (nSPS) is 34.1. The van der Waals surface area contributed by atoms with Crippen LogP contribution in [0.3, 0.4) is 0 Å². The molecule has 0 saturated heterocycles. The van der Waals surface area contributed by atoms with E-state index in [1.165, 1.54) is 17.4 Å². The Kier molecular flexibility index (Phi) is 3.62. The molecule has 0 aliphatic heterocycles. The van der Waals surface area contributed by atoms with Gasteiger partial charge < -0.3 is 9.90 Å². The van der Waals surface area contributed by atoms with Gasteiger partial charge in [0.2, 0.25) is 0 Å². The van der Waals surface area contributed by atoms with Crippen LogP contribution in [-0.2, 0) is 16.6 Å². The molecule has 0 bridgehead atoms. The molecule has 1 aromatic rings. The smallest absolute Gasteiger partial charge is 0.126 e. The second-order valence-electron chi connectivity index (χ2n) is 8.17. The van der Waals surface area contributed by atoms with Gasteiger partial charge in [0.05, 0.1) is 0 Å². The molecule has 120 valence electrons. The molecule has 0 amide bonds. The third kappa shape index (κ3) is 2.03. The lowest BCUT2D eigenvalue weighted by Gasteiger charge is -2.53. The largest absolute Gasteiger partial charge is 0.508 e. The summed E-state index contributed by atoms with van der Waals surface area (Å²) < 4.78 is 0. The molecule has 1 N–H and O–H groups in total. The van der Waals surface area contributed by atoms with Crippen LogP contribution in [0.1, 0.15) is 76.0 Å². The van der Waals surface area contributed by atoms with Gasteiger partial charge in [0.25, 0.3) is 0 Å². The van der Waals surface area contributed by atoms with E-state index >= 15 is 0 Å². The average molecular weight is 300 g/mol. The van der Waals surface area contributed by atoms with Crippen LogP contribution in [0.15, 0.2) is 12.1 Å². The van der Waals surface area contributed by atoms with Gasteiger partial charge in [0, 0.05) is 5.41 Å². The number of phenols is 1. The second kappa shape index (κ2) is 5.11. The summed E-state index contributed by atoms with van der Waals surface area (Å²) in [7, 11) is 0. The Labute approximate surface area is 133 Å². The number of carbonyl (C=O) groups is 1. The van der Waals surface area contributed by atoms with Gasteiger partial charge in [-0.05, 0) is 65.7 Å². The quantitative estimate of drug-likeness (QED) is 0.802. The van der Waals surface area contributed by atoms with Gasteiger partial charge in [-0.2, -0.15) is 0 Å². The summed E-state index contributed by atoms with van der Waals surface area (Å²) in [6.07, 6.45) is 6.53. The maximum Gasteiger partial charge on any atom is 0.126 e. The molecule has 0 heterocycles. The van der Waals surface area contributed by atoms with E-state index in [2.05, 4.69) is 33.8 Å². The van der Waals surface area contributed by atoms with Crippen LogP contribution in [0.2, 0.25) is 0 Å². The number of rotatable bonds is 2. The van der Waals surface area contributed by atoms with E-state index in [0.717, 1.165) is 37.7 Å². The Morgan fingerprint density at radius 1 is 1.27 bits per heavy atom. The van der Waals surface area contributed by atoms with Crippen molar-refractivity contribution in [1.82, 2.24) is 0 Å². The van der Waals surface area contributed by atoms with Gasteiger partial charge in [-0.15, -0.1) is 0 Å². The Morgan fingerprint density at radius 3 is 2.64 bits per heavy atom. The standard InChI is InChI=1S/C20H28O2/c1-13(2)18-14-6-9-17-19(3,12-21)10-5-11-20(17,4)15(14)7-8-16(18)22/h7-8,12-13,17,22H,5-6,9-11H2,1-4H3/t17?,19-,20-/m1/s1. The molecule has 1 aromatic carbocycles. The highest BCUT2D eigenvalue weighted by Crippen LogP contribution is 2.57. The van der Waals surface area contributed by atoms with Crippen molar-refractivity contribution < 1.29 is 9.90 Å². The number of carbonyl (C=O) groups excluding carboxylic acids is 1. The number of aromatic hydroxyl groups is 1. The first-order chi connectivity index (χ1) is 10.3. The fourth-order valence-corrected chi connectivity index (χ4v) is 5.41. The fourth-order valence-electron chi connectivity index (χ4n) is 5.41. The van der Waals surface area contributed by atoms with E-state index in [4.69, 9.17) is 0 Å². The van der Waals surface area contributed by atoms with E-state index < -0.39 is 0 Å². The minimum absolute atomic E-state index is 0.0683. The number of aldehydes is 1. The van der Waals surface area contributed by atoms with Crippen molar-refractivity contribution in [3.63, 3.8) is 0 Å². The molecule has 2 aliphatic carbocycles. The molecule has 2 heteroatoms. The first kappa shape index (κ1) is 15.6. The molecule has 3 rings (SSSR count). The van der Waals surface area contributed by atoms with Gasteiger partial charge in [0.15, 0.2) is 0 Å². The molecule has 3 atom stereocenters. The van der Waals surface area contributed by atoms with Crippen molar-refractivity contribution >= 4 is 6.29 Å². The zero-order chi connectivity index (χ0) is 16.1. The van der Waals surface area contributed by atoms with Crippen LogP contribution in [0.5, 0.6) is 5.75 Å². The number of benzene rings is 1. The summed E-state index contributed by atoms with van der Waals surface area (Å²) in [6.45, 7) is 8.80. The van der Waals surface area contributed by atoms with Crippen molar-refractivity contribution in [2.45, 2.75) is 71.1 Å². The predicted octanol–water partition coefficient (Wildman–Crippen LogP) is 4.72. The summed E-state index contributed by atoms with van der Waals surface area (Å²) in [5, 5.41) is 10.3. The summed E-state index contributed by atoms with van der Waals surface area (Å²) in [4.78, 5) is 11.8. The summed E-state index contributed by atoms with van der Waals surface area (Å²) >= 11 is 0. The van der Waals surface area contributed by atoms with Crippen molar-refractivity contribution in [3.05, 3.63) is 28.8 Å². The molecule has 1 unspecified atom stereocenters. The second-order valence-corrected chi connectivity index (χ2v) is 8.17. The lowest BCUT2D eigenvalue weighted by Crippen LogP contribution is -2.50. The highest BCUT2D eigenvalue weighted by Gasteiger charge is 2.52. The Bertz CT molecular complexity index is 604. The molecule has 0 aromatic heterocycles. The van der Waals surface area contributed by atoms with Gasteiger partial charge in [-0.1, -0.05) is 40.2 Å². The van der Waals surface area contributed by atoms with Crippen LogP contribution in [0.25, 0.3) is 0 Å². The molecular weight excluding hydrogens is 272 g/mol. The summed E-state index contributed by atoms with van der Waals surface area (Å²) in [5.41, 5.74) is 3.73. The van der Waals surface area contributed by atoms with Gasteiger partial charge in [-0.25, -0.2) is 0 Å². The lowest BCUT2D eigenvalue weighted by atomic mass is 9.50. The van der Waals surface area contributed by atoms with Gasteiger partial charge >= 0.3 is 0 Å². The zero-order valence-electron chi connectivity index (χ0n) is 14.3. The number of hydrogen-bond donors (Lipinski definition) is 1. The number of hydrogen-bond acceptors (Lipinski definition) is 2. The maximum absolute atomic E-state index is 11.8.